The van der Waals surface area contributed by atoms with E-state index in [0.29, 0.717) is 36.0 Å². The fourth-order valence-electron chi connectivity index (χ4n) is 2.54. The molecule has 21 heavy (non-hydrogen) atoms. The molecule has 0 aliphatic carbocycles. The summed E-state index contributed by atoms with van der Waals surface area (Å²) >= 11 is 6.04. The van der Waals surface area contributed by atoms with Crippen molar-refractivity contribution in [2.45, 2.75) is 12.0 Å². The highest BCUT2D eigenvalue weighted by molar-refractivity contribution is 6.32. The lowest BCUT2D eigenvalue weighted by Gasteiger charge is -2.21. The number of para-hydroxylation sites is 1. The van der Waals surface area contributed by atoms with Crippen LogP contribution in [-0.4, -0.2) is 51.7 Å². The number of aliphatic hydroxyl groups is 1. The number of halogens is 1. The number of ether oxygens (including phenoxy) is 1. The number of aromatic amines is 1. The van der Waals surface area contributed by atoms with Gasteiger partial charge in [-0.05, 0) is 18.6 Å². The zero-order valence-corrected chi connectivity index (χ0v) is 12.3. The zero-order chi connectivity index (χ0) is 14.7. The summed E-state index contributed by atoms with van der Waals surface area (Å²) in [6, 6.07) is 7.40. The molecule has 0 amide bonds. The first-order valence-corrected chi connectivity index (χ1v) is 7.23. The second kappa shape index (κ2) is 6.01. The smallest absolute Gasteiger partial charge is 0.137 e. The predicted molar refractivity (Wildman–Crippen MR) is 78.3 cm³/mol. The second-order valence-corrected chi connectivity index (χ2v) is 5.60. The van der Waals surface area contributed by atoms with Crippen LogP contribution in [0.3, 0.4) is 0 Å². The Morgan fingerprint density at radius 1 is 1.43 bits per heavy atom. The second-order valence-electron chi connectivity index (χ2n) is 5.19. The number of hydrogen-bond donors (Lipinski definition) is 2. The highest BCUT2D eigenvalue weighted by atomic mass is 35.5. The van der Waals surface area contributed by atoms with Crippen molar-refractivity contribution in [3.8, 4) is 5.75 Å². The molecule has 0 spiro atoms. The Morgan fingerprint density at radius 3 is 3.05 bits per heavy atom. The molecule has 0 saturated carbocycles. The number of nitrogens with one attached hydrogen (secondary N) is 1. The molecule has 2 N–H and O–H groups in total. The molecule has 2 aromatic rings. The van der Waals surface area contributed by atoms with Gasteiger partial charge >= 0.3 is 0 Å². The number of benzene rings is 1. The standard InChI is InChI=1S/C14H17ClN4O2/c15-11-3-1-2-4-12(11)21-8-7-19-6-5-14(20,10-19)13-9-16-18-17-13/h1-4,9,20H,5-8,10H2,(H,16,17,18). The van der Waals surface area contributed by atoms with Gasteiger partial charge in [0.05, 0.1) is 11.2 Å². The Bertz CT molecular complexity index is 592. The van der Waals surface area contributed by atoms with Crippen molar-refractivity contribution in [2.75, 3.05) is 26.2 Å². The minimum atomic E-state index is -0.919. The van der Waals surface area contributed by atoms with Crippen molar-refractivity contribution < 1.29 is 9.84 Å². The molecule has 1 aliphatic rings. The predicted octanol–water partition coefficient (Wildman–Crippen LogP) is 1.43. The summed E-state index contributed by atoms with van der Waals surface area (Å²) in [7, 11) is 0. The third-order valence-electron chi connectivity index (χ3n) is 3.72. The van der Waals surface area contributed by atoms with Crippen LogP contribution in [0, 0.1) is 0 Å². The Morgan fingerprint density at radius 2 is 2.29 bits per heavy atom. The van der Waals surface area contributed by atoms with Crippen LogP contribution < -0.4 is 4.74 Å². The molecule has 1 saturated heterocycles. The third-order valence-corrected chi connectivity index (χ3v) is 4.03. The van der Waals surface area contributed by atoms with Crippen molar-refractivity contribution in [3.63, 3.8) is 0 Å². The quantitative estimate of drug-likeness (QED) is 0.874. The van der Waals surface area contributed by atoms with Crippen molar-refractivity contribution >= 4 is 11.6 Å². The maximum Gasteiger partial charge on any atom is 0.137 e. The van der Waals surface area contributed by atoms with Gasteiger partial charge in [-0.2, -0.15) is 15.4 Å². The van der Waals surface area contributed by atoms with E-state index >= 15 is 0 Å². The number of H-pyrrole nitrogens is 1. The third kappa shape index (κ3) is 3.18. The van der Waals surface area contributed by atoms with E-state index in [0.717, 1.165) is 13.1 Å². The summed E-state index contributed by atoms with van der Waals surface area (Å²) in [5.74, 6) is 0.685. The molecule has 0 bridgehead atoms. The lowest BCUT2D eigenvalue weighted by Crippen LogP contribution is -2.33. The average molecular weight is 309 g/mol. The molecule has 6 nitrogen and oxygen atoms in total. The van der Waals surface area contributed by atoms with Gasteiger partial charge in [-0.3, -0.25) is 4.90 Å². The summed E-state index contributed by atoms with van der Waals surface area (Å²) in [5, 5.41) is 21.4. The first-order chi connectivity index (χ1) is 10.2. The molecular weight excluding hydrogens is 292 g/mol. The summed E-state index contributed by atoms with van der Waals surface area (Å²) in [4.78, 5) is 2.14. The minimum Gasteiger partial charge on any atom is -0.491 e. The Balaban J connectivity index is 1.51. The molecule has 7 heteroatoms. The summed E-state index contributed by atoms with van der Waals surface area (Å²) in [6.07, 6.45) is 2.22. The van der Waals surface area contributed by atoms with Crippen molar-refractivity contribution in [1.29, 1.82) is 0 Å². The number of aromatic nitrogens is 3. The van der Waals surface area contributed by atoms with Crippen LogP contribution in [0.5, 0.6) is 5.75 Å². The van der Waals surface area contributed by atoms with Gasteiger partial charge in [0.1, 0.15) is 23.7 Å². The fourth-order valence-corrected chi connectivity index (χ4v) is 2.73. The summed E-state index contributed by atoms with van der Waals surface area (Å²) < 4.78 is 5.67. The molecule has 112 valence electrons. The first kappa shape index (κ1) is 14.3. The van der Waals surface area contributed by atoms with Crippen LogP contribution in [0.4, 0.5) is 0 Å². The molecule has 0 radical (unpaired) electrons. The lowest BCUT2D eigenvalue weighted by atomic mass is 10.0. The largest absolute Gasteiger partial charge is 0.491 e. The number of nitrogens with zero attached hydrogens (tertiary/aromatic N) is 3. The monoisotopic (exact) mass is 308 g/mol. The van der Waals surface area contributed by atoms with Gasteiger partial charge in [0, 0.05) is 19.6 Å². The van der Waals surface area contributed by atoms with Crippen LogP contribution >= 0.6 is 11.6 Å². The van der Waals surface area contributed by atoms with E-state index in [-0.39, 0.29) is 0 Å². The minimum absolute atomic E-state index is 0.526. The summed E-state index contributed by atoms with van der Waals surface area (Å²) in [5.41, 5.74) is -0.325. The van der Waals surface area contributed by atoms with Crippen LogP contribution in [0.2, 0.25) is 5.02 Å². The molecule has 1 aromatic carbocycles. The van der Waals surface area contributed by atoms with E-state index in [1.807, 2.05) is 18.2 Å². The fraction of sp³-hybridized carbons (Fsp3) is 0.429. The maximum absolute atomic E-state index is 10.6. The van der Waals surface area contributed by atoms with Gasteiger partial charge in [-0.25, -0.2) is 0 Å². The number of likely N-dealkylation sites (tertiary alicyclic amines) is 1. The van der Waals surface area contributed by atoms with E-state index in [1.54, 1.807) is 12.3 Å². The average Bonchev–Trinajstić information content (AvgIpc) is 3.12. The van der Waals surface area contributed by atoms with Gasteiger partial charge < -0.3 is 9.84 Å². The number of hydrogen-bond acceptors (Lipinski definition) is 5. The number of β-amino-alcohol motifs (C(OH)–C–C–N with tert-alkyl or cyclic N) is 1. The highest BCUT2D eigenvalue weighted by Crippen LogP contribution is 2.30. The van der Waals surface area contributed by atoms with E-state index in [1.165, 1.54) is 0 Å². The molecule has 1 aliphatic heterocycles. The summed E-state index contributed by atoms with van der Waals surface area (Å²) in [6.45, 7) is 2.59. The van der Waals surface area contributed by atoms with Gasteiger partial charge in [0.2, 0.25) is 0 Å². The maximum atomic E-state index is 10.6. The van der Waals surface area contributed by atoms with Gasteiger partial charge in [0.25, 0.3) is 0 Å². The first-order valence-electron chi connectivity index (χ1n) is 6.86. The molecule has 1 aromatic heterocycles. The lowest BCUT2D eigenvalue weighted by molar-refractivity contribution is 0.0403. The normalized spacial score (nSPS) is 22.6. The van der Waals surface area contributed by atoms with E-state index in [9.17, 15) is 5.11 Å². The molecule has 2 heterocycles. The van der Waals surface area contributed by atoms with Crippen LogP contribution in [0.25, 0.3) is 0 Å². The topological polar surface area (TPSA) is 74.3 Å². The van der Waals surface area contributed by atoms with Crippen LogP contribution in [0.1, 0.15) is 12.1 Å². The highest BCUT2D eigenvalue weighted by Gasteiger charge is 2.39. The van der Waals surface area contributed by atoms with Crippen molar-refractivity contribution in [1.82, 2.24) is 20.3 Å². The van der Waals surface area contributed by atoms with Gasteiger partial charge in [-0.15, -0.1) is 0 Å². The molecular formula is C14H17ClN4O2. The van der Waals surface area contributed by atoms with Crippen LogP contribution in [-0.2, 0) is 5.60 Å². The Hall–Kier alpha value is -1.63. The van der Waals surface area contributed by atoms with Crippen molar-refractivity contribution in [2.24, 2.45) is 0 Å². The number of rotatable bonds is 5. The van der Waals surface area contributed by atoms with Crippen molar-refractivity contribution in [3.05, 3.63) is 41.2 Å². The zero-order valence-electron chi connectivity index (χ0n) is 11.5. The van der Waals surface area contributed by atoms with Gasteiger partial charge in [0.15, 0.2) is 0 Å². The van der Waals surface area contributed by atoms with E-state index < -0.39 is 5.60 Å². The Labute approximate surface area is 127 Å². The Kier molecular flexibility index (Phi) is 4.10. The van der Waals surface area contributed by atoms with E-state index in [2.05, 4.69) is 20.3 Å². The SMILES string of the molecule is OC1(c2cn[nH]n2)CCN(CCOc2ccccc2Cl)C1. The molecule has 3 rings (SSSR count). The van der Waals surface area contributed by atoms with Crippen LogP contribution in [0.15, 0.2) is 30.5 Å². The van der Waals surface area contributed by atoms with E-state index in [4.69, 9.17) is 16.3 Å². The van der Waals surface area contributed by atoms with Gasteiger partial charge in [-0.1, -0.05) is 23.7 Å². The molecule has 1 unspecified atom stereocenters. The molecule has 1 atom stereocenters. The molecule has 1 fully saturated rings.